The van der Waals surface area contributed by atoms with Crippen LogP contribution in [0.3, 0.4) is 0 Å². The molecule has 0 N–H and O–H groups in total. The number of rotatable bonds is 0. The van der Waals surface area contributed by atoms with Gasteiger partial charge in [-0.1, -0.05) is 0 Å². The minimum Gasteiger partial charge on any atom is -0.333 e. The van der Waals surface area contributed by atoms with Crippen molar-refractivity contribution in [3.8, 4) is 0 Å². The molecule has 3 aromatic rings. The predicted molar refractivity (Wildman–Crippen MR) is 61.0 cm³/mol. The number of aryl methyl sites for hydroxylation is 1. The van der Waals surface area contributed by atoms with E-state index in [1.807, 2.05) is 0 Å². The molecule has 0 aliphatic heterocycles. The highest BCUT2D eigenvalue weighted by molar-refractivity contribution is 6.04. The number of alkyl halides is 3. The molecule has 3 rings (SSSR count). The molecule has 2 aromatic heterocycles. The van der Waals surface area contributed by atoms with Crippen molar-refractivity contribution >= 4 is 21.9 Å². The molecule has 0 spiro atoms. The Morgan fingerprint density at radius 1 is 1.22 bits per heavy atom. The number of hydrogen-bond acceptors (Lipinski definition) is 2. The molecule has 0 fully saturated rings. The van der Waals surface area contributed by atoms with E-state index >= 15 is 0 Å². The van der Waals surface area contributed by atoms with Crippen molar-refractivity contribution in [2.75, 3.05) is 0 Å². The van der Waals surface area contributed by atoms with Crippen LogP contribution in [-0.4, -0.2) is 14.5 Å². The molecular formula is C12H8F3N3. The molecule has 2 heterocycles. The van der Waals surface area contributed by atoms with Crippen molar-refractivity contribution in [2.24, 2.45) is 7.05 Å². The van der Waals surface area contributed by atoms with Gasteiger partial charge in [-0.3, -0.25) is 4.98 Å². The molecule has 6 heteroatoms. The van der Waals surface area contributed by atoms with E-state index in [0.29, 0.717) is 16.4 Å². The van der Waals surface area contributed by atoms with Gasteiger partial charge in [-0.25, -0.2) is 4.98 Å². The smallest absolute Gasteiger partial charge is 0.333 e. The number of imidazole rings is 1. The van der Waals surface area contributed by atoms with Crippen LogP contribution in [-0.2, 0) is 13.2 Å². The number of hydrogen-bond donors (Lipinski definition) is 0. The number of aromatic nitrogens is 3. The van der Waals surface area contributed by atoms with Crippen LogP contribution >= 0.6 is 0 Å². The van der Waals surface area contributed by atoms with Gasteiger partial charge < -0.3 is 4.57 Å². The molecule has 0 amide bonds. The SMILES string of the molecule is Cn1cnc2cc(C(F)(F)F)c3ncccc3c21. The van der Waals surface area contributed by atoms with Crippen LogP contribution in [0.5, 0.6) is 0 Å². The molecule has 92 valence electrons. The molecule has 0 saturated carbocycles. The number of pyridine rings is 1. The Morgan fingerprint density at radius 2 is 2.00 bits per heavy atom. The van der Waals surface area contributed by atoms with Gasteiger partial charge in [0.2, 0.25) is 0 Å². The fourth-order valence-corrected chi connectivity index (χ4v) is 2.11. The van der Waals surface area contributed by atoms with E-state index in [0.717, 1.165) is 6.07 Å². The first-order valence-corrected chi connectivity index (χ1v) is 5.24. The molecule has 1 aromatic carbocycles. The molecular weight excluding hydrogens is 243 g/mol. The summed E-state index contributed by atoms with van der Waals surface area (Å²) in [6.07, 6.45) is -1.57. The van der Waals surface area contributed by atoms with Gasteiger partial charge in [0.25, 0.3) is 0 Å². The lowest BCUT2D eigenvalue weighted by Gasteiger charge is -2.10. The number of fused-ring (bicyclic) bond motifs is 3. The third-order valence-electron chi connectivity index (χ3n) is 2.87. The van der Waals surface area contributed by atoms with E-state index in [4.69, 9.17) is 0 Å². The Kier molecular flexibility index (Phi) is 2.10. The first-order valence-electron chi connectivity index (χ1n) is 5.24. The van der Waals surface area contributed by atoms with Crippen LogP contribution in [0.25, 0.3) is 21.9 Å². The highest BCUT2D eigenvalue weighted by atomic mass is 19.4. The summed E-state index contributed by atoms with van der Waals surface area (Å²) in [5, 5.41) is 0.460. The molecule has 0 bridgehead atoms. The zero-order valence-corrected chi connectivity index (χ0v) is 9.36. The fourth-order valence-electron chi connectivity index (χ4n) is 2.11. The fraction of sp³-hybridized carbons (Fsp3) is 0.167. The summed E-state index contributed by atoms with van der Waals surface area (Å²) in [6.45, 7) is 0. The van der Waals surface area contributed by atoms with Gasteiger partial charge in [0.1, 0.15) is 0 Å². The standard InChI is InChI=1S/C12H8F3N3/c1-18-6-17-9-5-8(12(13,14)15)10-7(11(9)18)3-2-4-16-10/h2-6H,1H3. The van der Waals surface area contributed by atoms with Crippen LogP contribution in [0.1, 0.15) is 5.56 Å². The Balaban J connectivity index is 2.57. The van der Waals surface area contributed by atoms with Crippen LogP contribution in [0.15, 0.2) is 30.7 Å². The number of nitrogens with zero attached hydrogens (tertiary/aromatic N) is 3. The topological polar surface area (TPSA) is 30.7 Å². The maximum atomic E-state index is 13.0. The van der Waals surface area contributed by atoms with Crippen LogP contribution in [0.2, 0.25) is 0 Å². The molecule has 3 nitrogen and oxygen atoms in total. The van der Waals surface area contributed by atoms with Gasteiger partial charge in [-0.05, 0) is 18.2 Å². The largest absolute Gasteiger partial charge is 0.418 e. The predicted octanol–water partition coefficient (Wildman–Crippen LogP) is 3.14. The first-order chi connectivity index (χ1) is 8.48. The third-order valence-corrected chi connectivity index (χ3v) is 2.87. The number of halogens is 3. The summed E-state index contributed by atoms with van der Waals surface area (Å²) in [5.74, 6) is 0. The highest BCUT2D eigenvalue weighted by Crippen LogP contribution is 2.37. The summed E-state index contributed by atoms with van der Waals surface area (Å²) in [5.41, 5.74) is 0.196. The zero-order valence-electron chi connectivity index (χ0n) is 9.36. The Bertz CT molecular complexity index is 743. The maximum absolute atomic E-state index is 13.0. The van der Waals surface area contributed by atoms with E-state index in [1.165, 1.54) is 12.5 Å². The van der Waals surface area contributed by atoms with E-state index < -0.39 is 11.7 Å². The summed E-state index contributed by atoms with van der Waals surface area (Å²) >= 11 is 0. The maximum Gasteiger partial charge on any atom is 0.418 e. The molecule has 0 atom stereocenters. The second-order valence-corrected chi connectivity index (χ2v) is 4.04. The van der Waals surface area contributed by atoms with Crippen molar-refractivity contribution in [1.29, 1.82) is 0 Å². The van der Waals surface area contributed by atoms with Crippen LogP contribution in [0.4, 0.5) is 13.2 Å². The summed E-state index contributed by atoms with van der Waals surface area (Å²) in [6, 6.07) is 4.29. The minimum absolute atomic E-state index is 0.0406. The first kappa shape index (κ1) is 11.0. The van der Waals surface area contributed by atoms with Gasteiger partial charge >= 0.3 is 6.18 Å². The quantitative estimate of drug-likeness (QED) is 0.614. The van der Waals surface area contributed by atoms with E-state index in [-0.39, 0.29) is 5.52 Å². The summed E-state index contributed by atoms with van der Waals surface area (Å²) < 4.78 is 40.6. The Hall–Kier alpha value is -2.11. The lowest BCUT2D eigenvalue weighted by molar-refractivity contribution is -0.136. The lowest BCUT2D eigenvalue weighted by Crippen LogP contribution is -2.07. The summed E-state index contributed by atoms with van der Waals surface area (Å²) in [4.78, 5) is 7.84. The highest BCUT2D eigenvalue weighted by Gasteiger charge is 2.34. The third kappa shape index (κ3) is 1.45. The average Bonchev–Trinajstić information content (AvgIpc) is 2.69. The monoisotopic (exact) mass is 251 g/mol. The Labute approximate surface area is 99.9 Å². The van der Waals surface area contributed by atoms with E-state index in [9.17, 15) is 13.2 Å². The van der Waals surface area contributed by atoms with Crippen molar-refractivity contribution < 1.29 is 13.2 Å². The second-order valence-electron chi connectivity index (χ2n) is 4.04. The lowest BCUT2D eigenvalue weighted by atomic mass is 10.1. The Morgan fingerprint density at radius 3 is 2.72 bits per heavy atom. The molecule has 0 aliphatic carbocycles. The molecule has 18 heavy (non-hydrogen) atoms. The minimum atomic E-state index is -4.43. The van der Waals surface area contributed by atoms with E-state index in [1.54, 1.807) is 23.7 Å². The molecule has 0 saturated heterocycles. The normalized spacial score (nSPS) is 12.4. The van der Waals surface area contributed by atoms with Gasteiger partial charge in [0.05, 0.1) is 28.4 Å². The molecule has 0 unspecified atom stereocenters. The average molecular weight is 251 g/mol. The second kappa shape index (κ2) is 3.44. The van der Waals surface area contributed by atoms with Crippen molar-refractivity contribution in [3.63, 3.8) is 0 Å². The molecule has 0 aliphatic rings. The van der Waals surface area contributed by atoms with Gasteiger partial charge in [-0.15, -0.1) is 0 Å². The van der Waals surface area contributed by atoms with Gasteiger partial charge in [0, 0.05) is 18.6 Å². The van der Waals surface area contributed by atoms with Gasteiger partial charge in [0.15, 0.2) is 0 Å². The van der Waals surface area contributed by atoms with E-state index in [2.05, 4.69) is 9.97 Å². The van der Waals surface area contributed by atoms with Crippen LogP contribution in [0, 0.1) is 0 Å². The van der Waals surface area contributed by atoms with Crippen molar-refractivity contribution in [3.05, 3.63) is 36.3 Å². The number of benzene rings is 1. The van der Waals surface area contributed by atoms with Crippen molar-refractivity contribution in [2.45, 2.75) is 6.18 Å². The van der Waals surface area contributed by atoms with Gasteiger partial charge in [-0.2, -0.15) is 13.2 Å². The summed E-state index contributed by atoms with van der Waals surface area (Å²) in [7, 11) is 1.75. The zero-order chi connectivity index (χ0) is 12.9. The van der Waals surface area contributed by atoms with Crippen molar-refractivity contribution in [1.82, 2.24) is 14.5 Å². The molecule has 0 radical (unpaired) electrons. The van der Waals surface area contributed by atoms with Crippen LogP contribution < -0.4 is 0 Å².